The molecule has 1 heterocycles. The Balaban J connectivity index is 2.35. The fourth-order valence-corrected chi connectivity index (χ4v) is 1.99. The van der Waals surface area contributed by atoms with Crippen LogP contribution < -0.4 is 10.1 Å². The van der Waals surface area contributed by atoms with E-state index in [0.717, 1.165) is 35.2 Å². The van der Waals surface area contributed by atoms with Crippen LogP contribution in [0.2, 0.25) is 0 Å². The standard InChI is InChI=1S/C16H21N3O/c1-5-17-16-10-15(18-12(4)19-16)13-7-6-8-14(9-13)20-11(2)3/h6-11H,5H2,1-4H3,(H,17,18,19). The SMILES string of the molecule is CCNc1cc(-c2cccc(OC(C)C)c2)nc(C)n1. The predicted octanol–water partition coefficient (Wildman–Crippen LogP) is 3.67. The number of rotatable bonds is 5. The summed E-state index contributed by atoms with van der Waals surface area (Å²) >= 11 is 0. The minimum absolute atomic E-state index is 0.162. The molecule has 2 aromatic rings. The Labute approximate surface area is 120 Å². The van der Waals surface area contributed by atoms with Crippen molar-refractivity contribution in [1.29, 1.82) is 0 Å². The van der Waals surface area contributed by atoms with Crippen LogP contribution in [0.25, 0.3) is 11.3 Å². The first-order valence-electron chi connectivity index (χ1n) is 6.95. The highest BCUT2D eigenvalue weighted by atomic mass is 16.5. The first-order valence-corrected chi connectivity index (χ1v) is 6.95. The Morgan fingerprint density at radius 1 is 1.20 bits per heavy atom. The minimum Gasteiger partial charge on any atom is -0.491 e. The Bertz CT molecular complexity index is 582. The zero-order valence-corrected chi connectivity index (χ0v) is 12.5. The second kappa shape index (κ2) is 6.37. The lowest BCUT2D eigenvalue weighted by molar-refractivity contribution is 0.242. The Kier molecular flexibility index (Phi) is 4.56. The quantitative estimate of drug-likeness (QED) is 0.901. The van der Waals surface area contributed by atoms with Gasteiger partial charge in [-0.3, -0.25) is 0 Å². The molecule has 0 amide bonds. The lowest BCUT2D eigenvalue weighted by atomic mass is 10.1. The first-order chi connectivity index (χ1) is 9.58. The summed E-state index contributed by atoms with van der Waals surface area (Å²) in [7, 11) is 0. The molecule has 20 heavy (non-hydrogen) atoms. The molecule has 1 aromatic heterocycles. The Hall–Kier alpha value is -2.10. The summed E-state index contributed by atoms with van der Waals surface area (Å²) in [4.78, 5) is 8.87. The highest BCUT2D eigenvalue weighted by Crippen LogP contribution is 2.24. The van der Waals surface area contributed by atoms with Gasteiger partial charge in [0.2, 0.25) is 0 Å². The van der Waals surface area contributed by atoms with Crippen LogP contribution in [0.15, 0.2) is 30.3 Å². The van der Waals surface area contributed by atoms with Crippen LogP contribution in [0.1, 0.15) is 26.6 Å². The maximum Gasteiger partial charge on any atom is 0.130 e. The number of anilines is 1. The van der Waals surface area contributed by atoms with E-state index in [9.17, 15) is 0 Å². The van der Waals surface area contributed by atoms with E-state index in [-0.39, 0.29) is 6.10 Å². The van der Waals surface area contributed by atoms with Crippen LogP contribution >= 0.6 is 0 Å². The van der Waals surface area contributed by atoms with Crippen molar-refractivity contribution in [2.24, 2.45) is 0 Å². The molecule has 4 nitrogen and oxygen atoms in total. The average molecular weight is 271 g/mol. The number of hydrogen-bond donors (Lipinski definition) is 1. The summed E-state index contributed by atoms with van der Waals surface area (Å²) in [6.45, 7) is 8.83. The van der Waals surface area contributed by atoms with Gasteiger partial charge in [-0.2, -0.15) is 0 Å². The normalized spacial score (nSPS) is 10.7. The van der Waals surface area contributed by atoms with Crippen molar-refractivity contribution in [2.75, 3.05) is 11.9 Å². The summed E-state index contributed by atoms with van der Waals surface area (Å²) in [5.41, 5.74) is 1.94. The molecule has 0 fully saturated rings. The molecule has 0 bridgehead atoms. The summed E-state index contributed by atoms with van der Waals surface area (Å²) in [6, 6.07) is 9.95. The third-order valence-electron chi connectivity index (χ3n) is 2.70. The van der Waals surface area contributed by atoms with E-state index < -0.39 is 0 Å². The van der Waals surface area contributed by atoms with Crippen LogP contribution in [0.3, 0.4) is 0 Å². The van der Waals surface area contributed by atoms with Gasteiger partial charge in [0.15, 0.2) is 0 Å². The van der Waals surface area contributed by atoms with Gasteiger partial charge in [-0.05, 0) is 39.8 Å². The first kappa shape index (κ1) is 14.3. The predicted molar refractivity (Wildman–Crippen MR) is 82.1 cm³/mol. The molecule has 0 aliphatic rings. The van der Waals surface area contributed by atoms with Gasteiger partial charge < -0.3 is 10.1 Å². The molecule has 0 aliphatic carbocycles. The van der Waals surface area contributed by atoms with E-state index in [4.69, 9.17) is 4.74 Å². The van der Waals surface area contributed by atoms with Crippen LogP contribution in [-0.2, 0) is 0 Å². The fourth-order valence-electron chi connectivity index (χ4n) is 1.99. The molecular weight excluding hydrogens is 250 g/mol. The van der Waals surface area contributed by atoms with Gasteiger partial charge in [0.25, 0.3) is 0 Å². The van der Waals surface area contributed by atoms with Crippen molar-refractivity contribution < 1.29 is 4.74 Å². The van der Waals surface area contributed by atoms with Gasteiger partial charge >= 0.3 is 0 Å². The molecule has 0 saturated carbocycles. The largest absolute Gasteiger partial charge is 0.491 e. The van der Waals surface area contributed by atoms with E-state index in [1.54, 1.807) is 0 Å². The van der Waals surface area contributed by atoms with Crippen molar-refractivity contribution in [3.8, 4) is 17.0 Å². The molecule has 0 atom stereocenters. The van der Waals surface area contributed by atoms with Gasteiger partial charge in [0, 0.05) is 18.2 Å². The van der Waals surface area contributed by atoms with Crippen LogP contribution in [-0.4, -0.2) is 22.6 Å². The topological polar surface area (TPSA) is 47.0 Å². The molecule has 106 valence electrons. The van der Waals surface area contributed by atoms with E-state index in [1.165, 1.54) is 0 Å². The monoisotopic (exact) mass is 271 g/mol. The molecule has 0 radical (unpaired) electrons. The van der Waals surface area contributed by atoms with Gasteiger partial charge in [-0.25, -0.2) is 9.97 Å². The van der Waals surface area contributed by atoms with E-state index in [2.05, 4.69) is 15.3 Å². The maximum absolute atomic E-state index is 5.73. The molecule has 0 spiro atoms. The lowest BCUT2D eigenvalue weighted by Crippen LogP contribution is -2.05. The number of aromatic nitrogens is 2. The minimum atomic E-state index is 0.162. The van der Waals surface area contributed by atoms with E-state index >= 15 is 0 Å². The maximum atomic E-state index is 5.73. The lowest BCUT2D eigenvalue weighted by Gasteiger charge is -2.11. The third-order valence-corrected chi connectivity index (χ3v) is 2.70. The highest BCUT2D eigenvalue weighted by molar-refractivity contribution is 5.64. The van der Waals surface area contributed by atoms with Crippen molar-refractivity contribution in [3.05, 3.63) is 36.2 Å². The molecule has 1 aromatic carbocycles. The number of nitrogens with one attached hydrogen (secondary N) is 1. The molecule has 2 rings (SSSR count). The number of hydrogen-bond acceptors (Lipinski definition) is 4. The van der Waals surface area contributed by atoms with Crippen molar-refractivity contribution >= 4 is 5.82 Å². The van der Waals surface area contributed by atoms with Gasteiger partial charge in [0.1, 0.15) is 17.4 Å². The Morgan fingerprint density at radius 3 is 2.70 bits per heavy atom. The number of benzene rings is 1. The van der Waals surface area contributed by atoms with Crippen LogP contribution in [0.4, 0.5) is 5.82 Å². The second-order valence-electron chi connectivity index (χ2n) is 4.91. The van der Waals surface area contributed by atoms with Gasteiger partial charge in [-0.15, -0.1) is 0 Å². The molecule has 1 N–H and O–H groups in total. The van der Waals surface area contributed by atoms with E-state index in [0.29, 0.717) is 0 Å². The zero-order chi connectivity index (χ0) is 14.5. The number of aryl methyl sites for hydroxylation is 1. The van der Waals surface area contributed by atoms with Crippen molar-refractivity contribution in [2.45, 2.75) is 33.8 Å². The second-order valence-corrected chi connectivity index (χ2v) is 4.91. The Morgan fingerprint density at radius 2 is 2.00 bits per heavy atom. The molecule has 0 saturated heterocycles. The zero-order valence-electron chi connectivity index (χ0n) is 12.5. The van der Waals surface area contributed by atoms with Crippen LogP contribution in [0.5, 0.6) is 5.75 Å². The summed E-state index contributed by atoms with van der Waals surface area (Å²) < 4.78 is 5.73. The van der Waals surface area contributed by atoms with Gasteiger partial charge in [0.05, 0.1) is 11.8 Å². The summed E-state index contributed by atoms with van der Waals surface area (Å²) in [5, 5.41) is 3.22. The van der Waals surface area contributed by atoms with Gasteiger partial charge in [-0.1, -0.05) is 12.1 Å². The third kappa shape index (κ3) is 3.70. The highest BCUT2D eigenvalue weighted by Gasteiger charge is 2.06. The fraction of sp³-hybridized carbons (Fsp3) is 0.375. The smallest absolute Gasteiger partial charge is 0.130 e. The summed E-state index contributed by atoms with van der Waals surface area (Å²) in [6.07, 6.45) is 0.162. The molecule has 0 unspecified atom stereocenters. The molecular formula is C16H21N3O. The molecule has 4 heteroatoms. The number of ether oxygens (including phenoxy) is 1. The van der Waals surface area contributed by atoms with E-state index in [1.807, 2.05) is 58.0 Å². The average Bonchev–Trinajstić information content (AvgIpc) is 2.38. The van der Waals surface area contributed by atoms with Crippen molar-refractivity contribution in [1.82, 2.24) is 9.97 Å². The van der Waals surface area contributed by atoms with Crippen molar-refractivity contribution in [3.63, 3.8) is 0 Å². The molecule has 0 aliphatic heterocycles. The van der Waals surface area contributed by atoms with Crippen LogP contribution in [0, 0.1) is 6.92 Å². The number of nitrogens with zero attached hydrogens (tertiary/aromatic N) is 2. The summed E-state index contributed by atoms with van der Waals surface area (Å²) in [5.74, 6) is 2.47.